The van der Waals surface area contributed by atoms with Gasteiger partial charge in [-0.05, 0) is 47.5 Å². The number of nitrogens with zero attached hydrogens (tertiary/aromatic N) is 2. The summed E-state index contributed by atoms with van der Waals surface area (Å²) in [6.07, 6.45) is 0. The van der Waals surface area contributed by atoms with Crippen molar-refractivity contribution in [3.8, 4) is 23.0 Å². The predicted octanol–water partition coefficient (Wildman–Crippen LogP) is 9.66. The number of hydrogen-bond acceptors (Lipinski definition) is 3. The molecule has 0 saturated heterocycles. The highest BCUT2D eigenvalue weighted by atomic mass is 16.5. The van der Waals surface area contributed by atoms with Gasteiger partial charge in [-0.1, -0.05) is 97.1 Å². The van der Waals surface area contributed by atoms with E-state index in [-0.39, 0.29) is 12.1 Å². The topological polar surface area (TPSA) is 37.6 Å². The van der Waals surface area contributed by atoms with Gasteiger partial charge in [-0.15, -0.1) is 0 Å². The molecule has 2 aromatic heterocycles. The lowest BCUT2D eigenvalue weighted by Crippen LogP contribution is -2.22. The van der Waals surface area contributed by atoms with Gasteiger partial charge in [0.2, 0.25) is 0 Å². The molecule has 2 atom stereocenters. The van der Waals surface area contributed by atoms with E-state index in [1.165, 1.54) is 11.1 Å². The number of aromatic nitrogens is 2. The first kappa shape index (κ1) is 24.7. The summed E-state index contributed by atoms with van der Waals surface area (Å²) in [6.45, 7) is 1.16. The average molecular weight is 585 g/mol. The summed E-state index contributed by atoms with van der Waals surface area (Å²) in [5.74, 6) is 3.48. The summed E-state index contributed by atoms with van der Waals surface area (Å²) in [7, 11) is 0. The van der Waals surface area contributed by atoms with Crippen LogP contribution in [0.25, 0.3) is 43.6 Å². The van der Waals surface area contributed by atoms with Crippen molar-refractivity contribution in [1.29, 1.82) is 0 Å². The zero-order valence-corrected chi connectivity index (χ0v) is 24.4. The van der Waals surface area contributed by atoms with Crippen LogP contribution in [0, 0.1) is 0 Å². The van der Waals surface area contributed by atoms with E-state index in [0.29, 0.717) is 13.2 Å². The summed E-state index contributed by atoms with van der Waals surface area (Å²) in [6, 6.07) is 46.8. The van der Waals surface area contributed by atoms with Crippen LogP contribution in [0.1, 0.15) is 23.2 Å². The minimum Gasteiger partial charge on any atom is -0.489 e. The number of benzene rings is 6. The summed E-state index contributed by atoms with van der Waals surface area (Å²) < 4.78 is 24.6. The Morgan fingerprint density at radius 1 is 0.467 bits per heavy atom. The monoisotopic (exact) mass is 584 g/mol. The molecule has 4 heterocycles. The maximum Gasteiger partial charge on any atom is 0.143 e. The molecule has 0 aliphatic carbocycles. The SMILES string of the molecule is c1ccc([C@@H]2COc3cccc4c5c(Oc6cccc7c6c6cccc8c6n7[C@H](c6ccccc6)CO8)cccc5n2c34)cc1. The number of para-hydroxylation sites is 2. The fourth-order valence-corrected chi connectivity index (χ4v) is 7.66. The smallest absolute Gasteiger partial charge is 0.143 e. The van der Waals surface area contributed by atoms with E-state index in [4.69, 9.17) is 14.2 Å². The second-order valence-corrected chi connectivity index (χ2v) is 11.9. The van der Waals surface area contributed by atoms with Crippen LogP contribution in [-0.2, 0) is 0 Å². The van der Waals surface area contributed by atoms with Gasteiger partial charge < -0.3 is 23.3 Å². The molecule has 5 heteroatoms. The van der Waals surface area contributed by atoms with Crippen molar-refractivity contribution in [1.82, 2.24) is 9.13 Å². The molecule has 0 saturated carbocycles. The molecule has 2 aliphatic rings. The third-order valence-electron chi connectivity index (χ3n) is 9.55. The van der Waals surface area contributed by atoms with Gasteiger partial charge in [0.25, 0.3) is 0 Å². The van der Waals surface area contributed by atoms with Gasteiger partial charge in [0.05, 0.1) is 44.9 Å². The fraction of sp³-hybridized carbons (Fsp3) is 0.100. The lowest BCUT2D eigenvalue weighted by Gasteiger charge is -2.27. The van der Waals surface area contributed by atoms with Crippen LogP contribution in [0.2, 0.25) is 0 Å². The van der Waals surface area contributed by atoms with Crippen LogP contribution < -0.4 is 14.2 Å². The average Bonchev–Trinajstić information content (AvgIpc) is 3.63. The zero-order chi connectivity index (χ0) is 29.5. The van der Waals surface area contributed by atoms with E-state index in [9.17, 15) is 0 Å². The van der Waals surface area contributed by atoms with Gasteiger partial charge in [-0.25, -0.2) is 0 Å². The van der Waals surface area contributed by atoms with Crippen LogP contribution in [0.3, 0.4) is 0 Å². The Bertz CT molecular complexity index is 2250. The second kappa shape index (κ2) is 9.41. The van der Waals surface area contributed by atoms with Gasteiger partial charge >= 0.3 is 0 Å². The van der Waals surface area contributed by atoms with E-state index in [1.54, 1.807) is 0 Å². The van der Waals surface area contributed by atoms with Crippen molar-refractivity contribution >= 4 is 43.6 Å². The van der Waals surface area contributed by atoms with E-state index < -0.39 is 0 Å². The summed E-state index contributed by atoms with van der Waals surface area (Å²) in [4.78, 5) is 0. The highest BCUT2D eigenvalue weighted by Gasteiger charge is 2.30. The highest BCUT2D eigenvalue weighted by molar-refractivity contribution is 6.15. The van der Waals surface area contributed by atoms with Gasteiger partial charge in [-0.3, -0.25) is 0 Å². The third-order valence-corrected chi connectivity index (χ3v) is 9.55. The molecule has 0 radical (unpaired) electrons. The van der Waals surface area contributed by atoms with Crippen LogP contribution in [-0.4, -0.2) is 22.3 Å². The van der Waals surface area contributed by atoms with Crippen LogP contribution in [0.15, 0.2) is 133 Å². The summed E-state index contributed by atoms with van der Waals surface area (Å²) in [5.41, 5.74) is 6.95. The molecule has 5 nitrogen and oxygen atoms in total. The maximum absolute atomic E-state index is 7.03. The van der Waals surface area contributed by atoms with Crippen LogP contribution in [0.5, 0.6) is 23.0 Å². The molecule has 0 unspecified atom stereocenters. The van der Waals surface area contributed by atoms with Crippen LogP contribution >= 0.6 is 0 Å². The maximum atomic E-state index is 7.03. The molecular formula is C40H28N2O3. The van der Waals surface area contributed by atoms with Gasteiger partial charge in [0.15, 0.2) is 0 Å². The molecule has 0 spiro atoms. The first-order valence-electron chi connectivity index (χ1n) is 15.5. The molecule has 0 N–H and O–H groups in total. The Balaban J connectivity index is 1.20. The molecule has 45 heavy (non-hydrogen) atoms. The van der Waals surface area contributed by atoms with E-state index in [2.05, 4.69) is 143 Å². The van der Waals surface area contributed by atoms with Gasteiger partial charge in [0, 0.05) is 10.8 Å². The molecular weight excluding hydrogens is 556 g/mol. The van der Waals surface area contributed by atoms with Crippen molar-refractivity contribution in [2.75, 3.05) is 13.2 Å². The lowest BCUT2D eigenvalue weighted by molar-refractivity contribution is 0.262. The Kier molecular flexibility index (Phi) is 5.17. The molecule has 8 aromatic rings. The minimum atomic E-state index is 0.0627. The molecule has 0 amide bonds. The Morgan fingerprint density at radius 3 is 1.38 bits per heavy atom. The normalized spacial score (nSPS) is 17.1. The first-order chi connectivity index (χ1) is 22.3. The van der Waals surface area contributed by atoms with Crippen LogP contribution in [0.4, 0.5) is 0 Å². The molecule has 0 fully saturated rings. The highest BCUT2D eigenvalue weighted by Crippen LogP contribution is 2.48. The van der Waals surface area contributed by atoms with Crippen molar-refractivity contribution in [3.63, 3.8) is 0 Å². The van der Waals surface area contributed by atoms with Crippen molar-refractivity contribution < 1.29 is 14.2 Å². The fourth-order valence-electron chi connectivity index (χ4n) is 7.66. The second-order valence-electron chi connectivity index (χ2n) is 11.9. The Labute approximate surface area is 259 Å². The van der Waals surface area contributed by atoms with Crippen molar-refractivity contribution in [3.05, 3.63) is 145 Å². The quantitative estimate of drug-likeness (QED) is 0.207. The summed E-state index contributed by atoms with van der Waals surface area (Å²) >= 11 is 0. The van der Waals surface area contributed by atoms with E-state index in [0.717, 1.165) is 66.6 Å². The number of ether oxygens (including phenoxy) is 3. The Hall–Kier alpha value is -5.68. The molecule has 2 aliphatic heterocycles. The molecule has 10 rings (SSSR count). The van der Waals surface area contributed by atoms with E-state index in [1.807, 2.05) is 0 Å². The number of fused-ring (bicyclic) bond motifs is 6. The summed E-state index contributed by atoms with van der Waals surface area (Å²) in [5, 5.41) is 4.45. The van der Waals surface area contributed by atoms with Gasteiger partial charge in [-0.2, -0.15) is 0 Å². The van der Waals surface area contributed by atoms with Crippen molar-refractivity contribution in [2.24, 2.45) is 0 Å². The Morgan fingerprint density at radius 2 is 0.911 bits per heavy atom. The van der Waals surface area contributed by atoms with E-state index >= 15 is 0 Å². The predicted molar refractivity (Wildman–Crippen MR) is 179 cm³/mol. The first-order valence-corrected chi connectivity index (χ1v) is 15.5. The molecule has 216 valence electrons. The lowest BCUT2D eigenvalue weighted by atomic mass is 10.1. The molecule has 6 aromatic carbocycles. The third kappa shape index (κ3) is 3.49. The van der Waals surface area contributed by atoms with Crippen molar-refractivity contribution in [2.45, 2.75) is 12.1 Å². The zero-order valence-electron chi connectivity index (χ0n) is 24.4. The number of rotatable bonds is 4. The minimum absolute atomic E-state index is 0.0627. The molecule has 0 bridgehead atoms. The van der Waals surface area contributed by atoms with Gasteiger partial charge in [0.1, 0.15) is 36.2 Å². The number of hydrogen-bond donors (Lipinski definition) is 0. The standard InChI is InChI=1S/C40H28N2O3/c1-3-11-25(12-4-1)31-23-43-35-21-7-15-27-37-29(41(31)39(27)35)17-9-19-33(37)45-34-20-10-18-30-38(34)28-16-8-22-36-40(28)42(30)32(24-44-36)26-13-5-2-6-14-26/h1-22,31-32H,23-24H2/t31-,32-/m0/s1. The largest absolute Gasteiger partial charge is 0.489 e.